The van der Waals surface area contributed by atoms with Gasteiger partial charge in [0.15, 0.2) is 0 Å². The number of rotatable bonds is 5. The van der Waals surface area contributed by atoms with Crippen molar-refractivity contribution in [3.05, 3.63) is 29.8 Å². The van der Waals surface area contributed by atoms with Crippen LogP contribution in [0.5, 0.6) is 0 Å². The summed E-state index contributed by atoms with van der Waals surface area (Å²) in [5.74, 6) is -0.0850. The maximum Gasteiger partial charge on any atom is 0.243 e. The van der Waals surface area contributed by atoms with Gasteiger partial charge in [-0.3, -0.25) is 4.79 Å². The molecule has 1 atom stereocenters. The molecule has 1 saturated heterocycles. The monoisotopic (exact) mass is 324 g/mol. The maximum absolute atomic E-state index is 12.8. The third-order valence-corrected chi connectivity index (χ3v) is 6.11. The van der Waals surface area contributed by atoms with Crippen molar-refractivity contribution >= 4 is 15.9 Å². The molecule has 0 saturated carbocycles. The zero-order valence-corrected chi connectivity index (χ0v) is 14.3. The summed E-state index contributed by atoms with van der Waals surface area (Å²) in [5.41, 5.74) is 1.01. The van der Waals surface area contributed by atoms with Crippen LogP contribution in [-0.4, -0.2) is 49.2 Å². The van der Waals surface area contributed by atoms with Crippen molar-refractivity contribution in [1.29, 1.82) is 0 Å². The van der Waals surface area contributed by atoms with Crippen LogP contribution >= 0.6 is 0 Å². The van der Waals surface area contributed by atoms with E-state index in [1.54, 1.807) is 29.2 Å². The van der Waals surface area contributed by atoms with E-state index in [1.165, 1.54) is 4.31 Å². The minimum absolute atomic E-state index is 0.0850. The average Bonchev–Trinajstić information content (AvgIpc) is 2.99. The van der Waals surface area contributed by atoms with Gasteiger partial charge in [-0.1, -0.05) is 17.7 Å². The SMILES string of the molecule is CCN(CC)C(=O)C1CCCN1S(=O)(=O)c1ccc(C)cc1. The molecule has 1 amide bonds. The van der Waals surface area contributed by atoms with E-state index in [0.29, 0.717) is 26.1 Å². The molecule has 122 valence electrons. The quantitative estimate of drug-likeness (QED) is 0.832. The molecule has 0 aliphatic carbocycles. The molecule has 0 aromatic heterocycles. The van der Waals surface area contributed by atoms with Gasteiger partial charge in [-0.25, -0.2) is 8.42 Å². The van der Waals surface area contributed by atoms with E-state index in [1.807, 2.05) is 20.8 Å². The van der Waals surface area contributed by atoms with E-state index < -0.39 is 16.1 Å². The molecule has 0 radical (unpaired) electrons. The van der Waals surface area contributed by atoms with Crippen molar-refractivity contribution in [2.75, 3.05) is 19.6 Å². The molecule has 1 unspecified atom stereocenters. The number of hydrogen-bond donors (Lipinski definition) is 0. The molecular formula is C16H24N2O3S. The van der Waals surface area contributed by atoms with Gasteiger partial charge in [0, 0.05) is 19.6 Å². The third-order valence-electron chi connectivity index (χ3n) is 4.19. The molecule has 22 heavy (non-hydrogen) atoms. The zero-order valence-electron chi connectivity index (χ0n) is 13.4. The summed E-state index contributed by atoms with van der Waals surface area (Å²) in [6.07, 6.45) is 1.32. The van der Waals surface area contributed by atoms with Gasteiger partial charge in [0.2, 0.25) is 15.9 Å². The standard InChI is InChI=1S/C16H24N2O3S/c1-4-17(5-2)16(19)15-7-6-12-18(15)22(20,21)14-10-8-13(3)9-11-14/h8-11,15H,4-7,12H2,1-3H3. The van der Waals surface area contributed by atoms with Crippen molar-refractivity contribution in [1.82, 2.24) is 9.21 Å². The van der Waals surface area contributed by atoms with E-state index in [-0.39, 0.29) is 10.8 Å². The lowest BCUT2D eigenvalue weighted by molar-refractivity contribution is -0.134. The predicted octanol–water partition coefficient (Wildman–Crippen LogP) is 2.02. The number of likely N-dealkylation sites (N-methyl/N-ethyl adjacent to an activating group) is 1. The molecular weight excluding hydrogens is 300 g/mol. The number of carbonyl (C=O) groups excluding carboxylic acids is 1. The Morgan fingerprint density at radius 2 is 1.82 bits per heavy atom. The fraction of sp³-hybridized carbons (Fsp3) is 0.562. The first-order chi connectivity index (χ1) is 10.4. The molecule has 1 aliphatic rings. The number of nitrogens with zero attached hydrogens (tertiary/aromatic N) is 2. The van der Waals surface area contributed by atoms with Gasteiger partial charge in [-0.2, -0.15) is 4.31 Å². The van der Waals surface area contributed by atoms with E-state index in [0.717, 1.165) is 12.0 Å². The summed E-state index contributed by atoms with van der Waals surface area (Å²) in [4.78, 5) is 14.5. The molecule has 1 fully saturated rings. The Labute approximate surface area is 133 Å². The first-order valence-corrected chi connectivity index (χ1v) is 9.23. The van der Waals surface area contributed by atoms with E-state index >= 15 is 0 Å². The van der Waals surface area contributed by atoms with Crippen LogP contribution in [-0.2, 0) is 14.8 Å². The second-order valence-electron chi connectivity index (χ2n) is 5.60. The third kappa shape index (κ3) is 3.17. The average molecular weight is 324 g/mol. The molecule has 1 aliphatic heterocycles. The van der Waals surface area contributed by atoms with Gasteiger partial charge >= 0.3 is 0 Å². The van der Waals surface area contributed by atoms with Crippen LogP contribution in [0.15, 0.2) is 29.2 Å². The van der Waals surface area contributed by atoms with Gasteiger partial charge in [0.05, 0.1) is 4.90 Å². The number of benzene rings is 1. The number of aryl methyl sites for hydroxylation is 1. The highest BCUT2D eigenvalue weighted by Crippen LogP contribution is 2.27. The van der Waals surface area contributed by atoms with Crippen LogP contribution in [0, 0.1) is 6.92 Å². The van der Waals surface area contributed by atoms with E-state index in [2.05, 4.69) is 0 Å². The molecule has 6 heteroatoms. The zero-order chi connectivity index (χ0) is 16.3. The Hall–Kier alpha value is -1.40. The number of hydrogen-bond acceptors (Lipinski definition) is 3. The number of sulfonamides is 1. The minimum Gasteiger partial charge on any atom is -0.342 e. The molecule has 1 aromatic rings. The lowest BCUT2D eigenvalue weighted by Gasteiger charge is -2.28. The lowest BCUT2D eigenvalue weighted by Crippen LogP contribution is -2.47. The van der Waals surface area contributed by atoms with Crippen LogP contribution in [0.3, 0.4) is 0 Å². The smallest absolute Gasteiger partial charge is 0.243 e. The first-order valence-electron chi connectivity index (χ1n) is 7.79. The molecule has 1 heterocycles. The highest BCUT2D eigenvalue weighted by atomic mass is 32.2. The normalized spacial score (nSPS) is 19.3. The molecule has 1 aromatic carbocycles. The van der Waals surface area contributed by atoms with E-state index in [4.69, 9.17) is 0 Å². The number of carbonyl (C=O) groups is 1. The van der Waals surface area contributed by atoms with Gasteiger partial charge in [0.25, 0.3) is 0 Å². The Balaban J connectivity index is 2.29. The van der Waals surface area contributed by atoms with Crippen LogP contribution in [0.1, 0.15) is 32.3 Å². The highest BCUT2D eigenvalue weighted by Gasteiger charge is 2.40. The molecule has 0 N–H and O–H groups in total. The summed E-state index contributed by atoms with van der Waals surface area (Å²) >= 11 is 0. The van der Waals surface area contributed by atoms with Crippen molar-refractivity contribution in [2.24, 2.45) is 0 Å². The summed E-state index contributed by atoms with van der Waals surface area (Å²) < 4.78 is 27.0. The fourth-order valence-electron chi connectivity index (χ4n) is 2.87. The van der Waals surface area contributed by atoms with Crippen molar-refractivity contribution in [3.63, 3.8) is 0 Å². The van der Waals surface area contributed by atoms with Gasteiger partial charge in [-0.15, -0.1) is 0 Å². The maximum atomic E-state index is 12.8. The molecule has 0 bridgehead atoms. The van der Waals surface area contributed by atoms with Crippen LogP contribution in [0.4, 0.5) is 0 Å². The summed E-state index contributed by atoms with van der Waals surface area (Å²) in [6.45, 7) is 7.35. The predicted molar refractivity (Wildman–Crippen MR) is 86.0 cm³/mol. The van der Waals surface area contributed by atoms with Crippen LogP contribution < -0.4 is 0 Å². The Morgan fingerprint density at radius 1 is 1.23 bits per heavy atom. The summed E-state index contributed by atoms with van der Waals surface area (Å²) in [6, 6.07) is 6.23. The number of amides is 1. The Kier molecular flexibility index (Phi) is 5.24. The van der Waals surface area contributed by atoms with Gasteiger partial charge in [0.1, 0.15) is 6.04 Å². The first kappa shape index (κ1) is 17.0. The summed E-state index contributed by atoms with van der Waals surface area (Å²) in [7, 11) is -3.61. The van der Waals surface area contributed by atoms with Crippen LogP contribution in [0.2, 0.25) is 0 Å². The van der Waals surface area contributed by atoms with Crippen LogP contribution in [0.25, 0.3) is 0 Å². The lowest BCUT2D eigenvalue weighted by atomic mass is 10.2. The molecule has 5 nitrogen and oxygen atoms in total. The molecule has 0 spiro atoms. The largest absolute Gasteiger partial charge is 0.342 e. The molecule has 2 rings (SSSR count). The van der Waals surface area contributed by atoms with Gasteiger partial charge in [-0.05, 0) is 45.7 Å². The van der Waals surface area contributed by atoms with Crippen molar-refractivity contribution in [2.45, 2.75) is 44.6 Å². The fourth-order valence-corrected chi connectivity index (χ4v) is 4.52. The second-order valence-corrected chi connectivity index (χ2v) is 7.49. The Morgan fingerprint density at radius 3 is 2.36 bits per heavy atom. The van der Waals surface area contributed by atoms with Gasteiger partial charge < -0.3 is 4.90 Å². The topological polar surface area (TPSA) is 57.7 Å². The highest BCUT2D eigenvalue weighted by molar-refractivity contribution is 7.89. The van der Waals surface area contributed by atoms with E-state index in [9.17, 15) is 13.2 Å². The Bertz CT molecular complexity index is 621. The van der Waals surface area contributed by atoms with Crippen molar-refractivity contribution < 1.29 is 13.2 Å². The second kappa shape index (κ2) is 6.79. The minimum atomic E-state index is -3.61. The van der Waals surface area contributed by atoms with Crippen molar-refractivity contribution in [3.8, 4) is 0 Å². The summed E-state index contributed by atoms with van der Waals surface area (Å²) in [5, 5.41) is 0.